The molecule has 1 fully saturated rings. The lowest BCUT2D eigenvalue weighted by Gasteiger charge is -2.29. The molecule has 1 aliphatic carbocycles. The van der Waals surface area contributed by atoms with E-state index in [-0.39, 0.29) is 6.04 Å². The molecule has 4 heteroatoms. The third-order valence-corrected chi connectivity index (χ3v) is 3.90. The van der Waals surface area contributed by atoms with Gasteiger partial charge in [-0.3, -0.25) is 0 Å². The van der Waals surface area contributed by atoms with Gasteiger partial charge in [0.1, 0.15) is 5.75 Å². The number of halogens is 1. The molecule has 3 N–H and O–H groups in total. The highest BCUT2D eigenvalue weighted by molar-refractivity contribution is 6.32. The SMILES string of the molecule is COc1ccc(CNC2CCCCC2N)cc1Cl. The number of hydrogen-bond acceptors (Lipinski definition) is 3. The maximum atomic E-state index is 6.11. The number of hydrogen-bond donors (Lipinski definition) is 2. The second kappa shape index (κ2) is 6.41. The van der Waals surface area contributed by atoms with Gasteiger partial charge in [-0.25, -0.2) is 0 Å². The molecule has 0 bridgehead atoms. The zero-order chi connectivity index (χ0) is 13.0. The van der Waals surface area contributed by atoms with E-state index in [4.69, 9.17) is 22.1 Å². The van der Waals surface area contributed by atoms with Crippen molar-refractivity contribution in [3.8, 4) is 5.75 Å². The molecule has 1 aromatic carbocycles. The van der Waals surface area contributed by atoms with Gasteiger partial charge in [-0.15, -0.1) is 0 Å². The van der Waals surface area contributed by atoms with Crippen molar-refractivity contribution in [1.82, 2.24) is 5.32 Å². The van der Waals surface area contributed by atoms with Crippen LogP contribution < -0.4 is 15.8 Å². The molecule has 0 heterocycles. The van der Waals surface area contributed by atoms with Crippen LogP contribution in [0.5, 0.6) is 5.75 Å². The Morgan fingerprint density at radius 3 is 2.83 bits per heavy atom. The minimum atomic E-state index is 0.285. The molecule has 100 valence electrons. The van der Waals surface area contributed by atoms with Crippen molar-refractivity contribution in [1.29, 1.82) is 0 Å². The Kier molecular flexibility index (Phi) is 4.87. The van der Waals surface area contributed by atoms with Gasteiger partial charge in [0.15, 0.2) is 0 Å². The maximum absolute atomic E-state index is 6.11. The summed E-state index contributed by atoms with van der Waals surface area (Å²) >= 11 is 6.10. The topological polar surface area (TPSA) is 47.3 Å². The minimum absolute atomic E-state index is 0.285. The second-order valence-electron chi connectivity index (χ2n) is 4.90. The van der Waals surface area contributed by atoms with Crippen LogP contribution in [0, 0.1) is 0 Å². The third-order valence-electron chi connectivity index (χ3n) is 3.60. The largest absolute Gasteiger partial charge is 0.495 e. The number of nitrogens with two attached hydrogens (primary N) is 1. The molecule has 2 unspecified atom stereocenters. The monoisotopic (exact) mass is 268 g/mol. The predicted octanol–water partition coefficient (Wildman–Crippen LogP) is 2.71. The molecule has 0 saturated heterocycles. The Labute approximate surface area is 114 Å². The molecular weight excluding hydrogens is 248 g/mol. The molecule has 2 atom stereocenters. The summed E-state index contributed by atoms with van der Waals surface area (Å²) in [4.78, 5) is 0. The standard InChI is InChI=1S/C14H21ClN2O/c1-18-14-7-6-10(8-11(14)15)9-17-13-5-3-2-4-12(13)16/h6-8,12-13,17H,2-5,9,16H2,1H3. The first-order valence-electron chi connectivity index (χ1n) is 6.52. The highest BCUT2D eigenvalue weighted by Crippen LogP contribution is 2.25. The molecular formula is C14H21ClN2O. The lowest BCUT2D eigenvalue weighted by molar-refractivity contribution is 0.326. The Hall–Kier alpha value is -0.770. The summed E-state index contributed by atoms with van der Waals surface area (Å²) in [6, 6.07) is 6.60. The molecule has 2 rings (SSSR count). The van der Waals surface area contributed by atoms with E-state index in [1.807, 2.05) is 18.2 Å². The first-order chi connectivity index (χ1) is 8.70. The van der Waals surface area contributed by atoms with Crippen LogP contribution in [0.25, 0.3) is 0 Å². The van der Waals surface area contributed by atoms with Crippen LogP contribution in [0.4, 0.5) is 0 Å². The highest BCUT2D eigenvalue weighted by Gasteiger charge is 2.20. The molecule has 0 spiro atoms. The van der Waals surface area contributed by atoms with Crippen LogP contribution in [0.3, 0.4) is 0 Å². The van der Waals surface area contributed by atoms with Gasteiger partial charge in [-0.1, -0.05) is 30.5 Å². The number of rotatable bonds is 4. The molecule has 18 heavy (non-hydrogen) atoms. The Balaban J connectivity index is 1.91. The summed E-state index contributed by atoms with van der Waals surface area (Å²) in [6.45, 7) is 0.808. The summed E-state index contributed by atoms with van der Waals surface area (Å²) in [5, 5.41) is 4.19. The van der Waals surface area contributed by atoms with Crippen LogP contribution in [0.1, 0.15) is 31.2 Å². The van der Waals surface area contributed by atoms with Crippen LogP contribution in [-0.2, 0) is 6.54 Å². The first kappa shape index (κ1) is 13.7. The molecule has 0 radical (unpaired) electrons. The van der Waals surface area contributed by atoms with Gasteiger partial charge >= 0.3 is 0 Å². The normalized spacial score (nSPS) is 23.9. The van der Waals surface area contributed by atoms with Crippen LogP contribution in [0.15, 0.2) is 18.2 Å². The summed E-state index contributed by atoms with van der Waals surface area (Å²) in [5.41, 5.74) is 7.28. The van der Waals surface area contributed by atoms with Gasteiger partial charge in [0, 0.05) is 18.6 Å². The van der Waals surface area contributed by atoms with Crippen molar-refractivity contribution in [2.75, 3.05) is 7.11 Å². The van der Waals surface area contributed by atoms with E-state index in [9.17, 15) is 0 Å². The highest BCUT2D eigenvalue weighted by atomic mass is 35.5. The Morgan fingerprint density at radius 2 is 2.17 bits per heavy atom. The van der Waals surface area contributed by atoms with Crippen molar-refractivity contribution in [3.63, 3.8) is 0 Å². The maximum Gasteiger partial charge on any atom is 0.137 e. The van der Waals surface area contributed by atoms with Crippen molar-refractivity contribution in [3.05, 3.63) is 28.8 Å². The summed E-state index contributed by atoms with van der Waals surface area (Å²) < 4.78 is 5.14. The van der Waals surface area contributed by atoms with Crippen molar-refractivity contribution >= 4 is 11.6 Å². The number of ether oxygens (including phenoxy) is 1. The summed E-state index contributed by atoms with van der Waals surface area (Å²) in [7, 11) is 1.63. The van der Waals surface area contributed by atoms with Gasteiger partial charge in [0.2, 0.25) is 0 Å². The second-order valence-corrected chi connectivity index (χ2v) is 5.31. The quantitative estimate of drug-likeness (QED) is 0.883. The average molecular weight is 269 g/mol. The number of benzene rings is 1. The lowest BCUT2D eigenvalue weighted by atomic mass is 9.91. The van der Waals surface area contributed by atoms with E-state index in [1.54, 1.807) is 7.11 Å². The van der Waals surface area contributed by atoms with Crippen LogP contribution in [-0.4, -0.2) is 19.2 Å². The van der Waals surface area contributed by atoms with Crippen LogP contribution >= 0.6 is 11.6 Å². The smallest absolute Gasteiger partial charge is 0.137 e. The summed E-state index contributed by atoms with van der Waals surface area (Å²) in [6.07, 6.45) is 4.83. The molecule has 1 saturated carbocycles. The predicted molar refractivity (Wildman–Crippen MR) is 75.1 cm³/mol. The van der Waals surface area contributed by atoms with Gasteiger partial charge in [-0.2, -0.15) is 0 Å². The van der Waals surface area contributed by atoms with E-state index in [0.29, 0.717) is 11.1 Å². The third kappa shape index (κ3) is 3.37. The average Bonchev–Trinajstić information content (AvgIpc) is 2.38. The van der Waals surface area contributed by atoms with Gasteiger partial charge in [0.25, 0.3) is 0 Å². The lowest BCUT2D eigenvalue weighted by Crippen LogP contribution is -2.46. The zero-order valence-corrected chi connectivity index (χ0v) is 11.5. The molecule has 1 aliphatic rings. The van der Waals surface area contributed by atoms with Crippen LogP contribution in [0.2, 0.25) is 5.02 Å². The summed E-state index contributed by atoms with van der Waals surface area (Å²) in [5.74, 6) is 0.717. The number of nitrogens with one attached hydrogen (secondary N) is 1. The minimum Gasteiger partial charge on any atom is -0.495 e. The Bertz CT molecular complexity index is 397. The van der Waals surface area contributed by atoms with Gasteiger partial charge in [-0.05, 0) is 30.5 Å². The molecule has 1 aromatic rings. The fraction of sp³-hybridized carbons (Fsp3) is 0.571. The van der Waals surface area contributed by atoms with E-state index in [2.05, 4.69) is 5.32 Å². The van der Waals surface area contributed by atoms with E-state index < -0.39 is 0 Å². The van der Waals surface area contributed by atoms with Gasteiger partial charge in [0.05, 0.1) is 12.1 Å². The van der Waals surface area contributed by atoms with Crippen molar-refractivity contribution < 1.29 is 4.74 Å². The molecule has 0 aliphatic heterocycles. The zero-order valence-electron chi connectivity index (χ0n) is 10.8. The molecule has 0 aromatic heterocycles. The first-order valence-corrected chi connectivity index (χ1v) is 6.90. The Morgan fingerprint density at radius 1 is 1.39 bits per heavy atom. The van der Waals surface area contributed by atoms with E-state index >= 15 is 0 Å². The molecule has 0 amide bonds. The number of methoxy groups -OCH3 is 1. The van der Waals surface area contributed by atoms with Gasteiger partial charge < -0.3 is 15.8 Å². The fourth-order valence-corrected chi connectivity index (χ4v) is 2.76. The van der Waals surface area contributed by atoms with Crippen molar-refractivity contribution in [2.24, 2.45) is 5.73 Å². The fourth-order valence-electron chi connectivity index (χ4n) is 2.48. The van der Waals surface area contributed by atoms with E-state index in [1.165, 1.54) is 24.8 Å². The molecule has 3 nitrogen and oxygen atoms in total. The van der Waals surface area contributed by atoms with E-state index in [0.717, 1.165) is 18.7 Å². The van der Waals surface area contributed by atoms with Crippen molar-refractivity contribution in [2.45, 2.75) is 44.3 Å².